The molecule has 0 spiro atoms. The highest BCUT2D eigenvalue weighted by Gasteiger charge is 2.13. The van der Waals surface area contributed by atoms with Gasteiger partial charge in [0.2, 0.25) is 5.91 Å². The van der Waals surface area contributed by atoms with Crippen LogP contribution in [0.25, 0.3) is 5.69 Å². The molecule has 1 amide bonds. The summed E-state index contributed by atoms with van der Waals surface area (Å²) in [5, 5.41) is 3.76. The molecule has 1 fully saturated rings. The molecule has 1 N–H and O–H groups in total. The average molecular weight is 404 g/mol. The molecule has 6 nitrogen and oxygen atoms in total. The number of hydrogen-bond acceptors (Lipinski definition) is 5. The highest BCUT2D eigenvalue weighted by atomic mass is 32.2. The van der Waals surface area contributed by atoms with Gasteiger partial charge in [0.1, 0.15) is 5.75 Å². The fourth-order valence-corrected chi connectivity index (χ4v) is 4.10. The van der Waals surface area contributed by atoms with Crippen molar-refractivity contribution in [3.63, 3.8) is 0 Å². The first-order chi connectivity index (χ1) is 13.8. The summed E-state index contributed by atoms with van der Waals surface area (Å²) in [5.74, 6) is 1.17. The lowest BCUT2D eigenvalue weighted by Gasteiger charge is -2.21. The molecular weight excluding hydrogens is 374 g/mol. The lowest BCUT2D eigenvalue weighted by molar-refractivity contribution is -0.118. The first kappa shape index (κ1) is 20.7. The van der Waals surface area contributed by atoms with E-state index in [-0.39, 0.29) is 5.91 Å². The zero-order chi connectivity index (χ0) is 19.6. The molecule has 1 aliphatic rings. The number of thioether (sulfide) groups is 1. The quantitative estimate of drug-likeness (QED) is 0.482. The molecule has 1 heterocycles. The Morgan fingerprint density at radius 2 is 2.04 bits per heavy atom. The predicted molar refractivity (Wildman–Crippen MR) is 111 cm³/mol. The molecule has 0 atom stereocenters. The number of rotatable bonds is 10. The van der Waals surface area contributed by atoms with Crippen LogP contribution in [-0.2, 0) is 9.53 Å². The second-order valence-electron chi connectivity index (χ2n) is 6.90. The maximum absolute atomic E-state index is 12.1. The van der Waals surface area contributed by atoms with Crippen LogP contribution in [0.2, 0.25) is 0 Å². The van der Waals surface area contributed by atoms with E-state index in [0.29, 0.717) is 18.4 Å². The van der Waals surface area contributed by atoms with Crippen molar-refractivity contribution in [1.29, 1.82) is 0 Å². The number of imidazole rings is 1. The number of methoxy groups -OCH3 is 1. The van der Waals surface area contributed by atoms with Crippen LogP contribution in [-0.4, -0.2) is 47.6 Å². The Labute approximate surface area is 171 Å². The van der Waals surface area contributed by atoms with Gasteiger partial charge in [0.25, 0.3) is 0 Å². The number of amides is 1. The van der Waals surface area contributed by atoms with Gasteiger partial charge in [-0.15, -0.1) is 0 Å². The summed E-state index contributed by atoms with van der Waals surface area (Å²) in [6, 6.07) is 7.76. The maximum Gasteiger partial charge on any atom is 0.230 e. The zero-order valence-corrected chi connectivity index (χ0v) is 17.2. The van der Waals surface area contributed by atoms with E-state index in [4.69, 9.17) is 9.47 Å². The van der Waals surface area contributed by atoms with Gasteiger partial charge in [-0.1, -0.05) is 31.0 Å². The van der Waals surface area contributed by atoms with Crippen LogP contribution in [0.4, 0.5) is 0 Å². The van der Waals surface area contributed by atoms with E-state index >= 15 is 0 Å². The van der Waals surface area contributed by atoms with Crippen LogP contribution in [0.15, 0.2) is 41.8 Å². The van der Waals surface area contributed by atoms with Crippen LogP contribution in [0.5, 0.6) is 5.75 Å². The summed E-state index contributed by atoms with van der Waals surface area (Å²) < 4.78 is 13.0. The van der Waals surface area contributed by atoms with Crippen molar-refractivity contribution in [2.24, 2.45) is 0 Å². The fraction of sp³-hybridized carbons (Fsp3) is 0.524. The Hall–Kier alpha value is -1.99. The molecule has 1 aromatic heterocycles. The summed E-state index contributed by atoms with van der Waals surface area (Å²) in [5.41, 5.74) is 0.987. The van der Waals surface area contributed by atoms with Gasteiger partial charge >= 0.3 is 0 Å². The minimum absolute atomic E-state index is 0.0203. The Kier molecular flexibility index (Phi) is 8.23. The summed E-state index contributed by atoms with van der Waals surface area (Å²) in [4.78, 5) is 16.5. The van der Waals surface area contributed by atoms with Crippen LogP contribution in [0, 0.1) is 0 Å². The Morgan fingerprint density at radius 3 is 2.79 bits per heavy atom. The summed E-state index contributed by atoms with van der Waals surface area (Å²) in [6.07, 6.45) is 11.2. The van der Waals surface area contributed by atoms with Crippen molar-refractivity contribution in [3.8, 4) is 11.4 Å². The van der Waals surface area contributed by atoms with Gasteiger partial charge in [0, 0.05) is 31.2 Å². The second-order valence-corrected chi connectivity index (χ2v) is 7.84. The standard InChI is InChI=1S/C21H29N3O3S/c1-26-18-10-8-17(9-11-18)24-14-13-23-21(24)28-16-20(25)22-12-5-15-27-19-6-3-2-4-7-19/h8-11,13-14,19H,2-7,12,15-16H2,1H3,(H,22,25). The molecule has 1 aliphatic carbocycles. The monoisotopic (exact) mass is 403 g/mol. The molecule has 0 unspecified atom stereocenters. The highest BCUT2D eigenvalue weighted by molar-refractivity contribution is 7.99. The molecule has 0 aliphatic heterocycles. The van der Waals surface area contributed by atoms with Gasteiger partial charge in [-0.3, -0.25) is 9.36 Å². The van der Waals surface area contributed by atoms with Gasteiger partial charge in [-0.05, 0) is 43.5 Å². The number of aromatic nitrogens is 2. The van der Waals surface area contributed by atoms with Gasteiger partial charge in [-0.25, -0.2) is 4.98 Å². The number of nitrogens with one attached hydrogen (secondary N) is 1. The number of hydrogen-bond donors (Lipinski definition) is 1. The molecule has 1 saturated carbocycles. The average Bonchev–Trinajstić information content (AvgIpc) is 3.21. The van der Waals surface area contributed by atoms with Crippen molar-refractivity contribution in [3.05, 3.63) is 36.7 Å². The number of benzene rings is 1. The number of nitrogens with zero attached hydrogens (tertiary/aromatic N) is 2. The Bertz CT molecular complexity index is 727. The Balaban J connectivity index is 1.36. The van der Waals surface area contributed by atoms with Crippen molar-refractivity contribution in [2.75, 3.05) is 26.0 Å². The van der Waals surface area contributed by atoms with Crippen molar-refractivity contribution < 1.29 is 14.3 Å². The van der Waals surface area contributed by atoms with E-state index in [1.54, 1.807) is 13.3 Å². The number of ether oxygens (including phenoxy) is 2. The molecule has 7 heteroatoms. The highest BCUT2D eigenvalue weighted by Crippen LogP contribution is 2.22. The fourth-order valence-electron chi connectivity index (χ4n) is 3.30. The summed E-state index contributed by atoms with van der Waals surface area (Å²) >= 11 is 1.43. The van der Waals surface area contributed by atoms with E-state index in [1.165, 1.54) is 43.9 Å². The van der Waals surface area contributed by atoms with Crippen LogP contribution in [0.3, 0.4) is 0 Å². The normalized spacial score (nSPS) is 14.8. The van der Waals surface area contributed by atoms with Gasteiger partial charge < -0.3 is 14.8 Å². The van der Waals surface area contributed by atoms with E-state index in [1.807, 2.05) is 35.0 Å². The molecular formula is C21H29N3O3S. The minimum atomic E-state index is 0.0203. The van der Waals surface area contributed by atoms with E-state index in [9.17, 15) is 4.79 Å². The molecule has 0 radical (unpaired) electrons. The van der Waals surface area contributed by atoms with Crippen molar-refractivity contribution in [2.45, 2.75) is 49.8 Å². The SMILES string of the molecule is COc1ccc(-n2ccnc2SCC(=O)NCCCOC2CCCCC2)cc1. The lowest BCUT2D eigenvalue weighted by Crippen LogP contribution is -2.27. The second kappa shape index (κ2) is 11.1. The topological polar surface area (TPSA) is 65.4 Å². The molecule has 3 rings (SSSR count). The number of carbonyl (C=O) groups excluding carboxylic acids is 1. The zero-order valence-electron chi connectivity index (χ0n) is 16.4. The van der Waals surface area contributed by atoms with Crippen molar-refractivity contribution in [1.82, 2.24) is 14.9 Å². The van der Waals surface area contributed by atoms with Crippen LogP contribution in [0.1, 0.15) is 38.5 Å². The van der Waals surface area contributed by atoms with Crippen LogP contribution < -0.4 is 10.1 Å². The summed E-state index contributed by atoms with van der Waals surface area (Å²) in [6.45, 7) is 1.37. The molecule has 2 aromatic rings. The molecule has 0 bridgehead atoms. The largest absolute Gasteiger partial charge is 0.497 e. The third-order valence-electron chi connectivity index (χ3n) is 4.84. The van der Waals surface area contributed by atoms with E-state index in [0.717, 1.165) is 29.6 Å². The predicted octanol–water partition coefficient (Wildman–Crippen LogP) is 3.83. The smallest absolute Gasteiger partial charge is 0.230 e. The van der Waals surface area contributed by atoms with Crippen LogP contribution >= 0.6 is 11.8 Å². The molecule has 28 heavy (non-hydrogen) atoms. The van der Waals surface area contributed by atoms with Gasteiger partial charge in [0.15, 0.2) is 5.16 Å². The van der Waals surface area contributed by atoms with Gasteiger partial charge in [0.05, 0.1) is 19.0 Å². The maximum atomic E-state index is 12.1. The van der Waals surface area contributed by atoms with Crippen molar-refractivity contribution >= 4 is 17.7 Å². The summed E-state index contributed by atoms with van der Waals surface area (Å²) in [7, 11) is 1.65. The third-order valence-corrected chi connectivity index (χ3v) is 5.81. The number of carbonyl (C=O) groups is 1. The minimum Gasteiger partial charge on any atom is -0.497 e. The van der Waals surface area contributed by atoms with E-state index in [2.05, 4.69) is 10.3 Å². The molecule has 1 aromatic carbocycles. The van der Waals surface area contributed by atoms with E-state index < -0.39 is 0 Å². The Morgan fingerprint density at radius 1 is 1.25 bits per heavy atom. The third kappa shape index (κ3) is 6.27. The lowest BCUT2D eigenvalue weighted by atomic mass is 9.98. The first-order valence-electron chi connectivity index (χ1n) is 9.95. The molecule has 0 saturated heterocycles. The van der Waals surface area contributed by atoms with Gasteiger partial charge in [-0.2, -0.15) is 0 Å². The first-order valence-corrected chi connectivity index (χ1v) is 10.9. The molecule has 152 valence electrons.